The molecule has 0 saturated carbocycles. The first kappa shape index (κ1) is 16.3. The van der Waals surface area contributed by atoms with E-state index in [4.69, 9.17) is 16.7 Å². The molecule has 0 aliphatic heterocycles. The normalized spacial score (nSPS) is 11.3. The Bertz CT molecular complexity index is 701. The highest BCUT2D eigenvalue weighted by Crippen LogP contribution is 2.35. The lowest BCUT2D eigenvalue weighted by Crippen LogP contribution is -2.14. The first-order chi connectivity index (χ1) is 10.3. The molecule has 0 heterocycles. The number of rotatable bonds is 3. The number of amides is 1. The summed E-state index contributed by atoms with van der Waals surface area (Å²) in [5.41, 5.74) is -0.276. The molecule has 7 heteroatoms. The molecule has 2 rings (SSSR count). The van der Waals surface area contributed by atoms with Crippen LogP contribution in [0.1, 0.15) is 21.5 Å². The highest BCUT2D eigenvalue weighted by atomic mass is 35.5. The lowest BCUT2D eigenvalue weighted by atomic mass is 10.1. The Morgan fingerprint density at radius 2 is 1.91 bits per heavy atom. The van der Waals surface area contributed by atoms with E-state index < -0.39 is 22.7 Å². The van der Waals surface area contributed by atoms with E-state index in [-0.39, 0.29) is 12.2 Å². The van der Waals surface area contributed by atoms with Crippen molar-refractivity contribution in [3.63, 3.8) is 0 Å². The van der Waals surface area contributed by atoms with Gasteiger partial charge in [-0.15, -0.1) is 0 Å². The van der Waals surface area contributed by atoms with Crippen LogP contribution in [0.2, 0.25) is 5.02 Å². The van der Waals surface area contributed by atoms with Crippen LogP contribution in [0.3, 0.4) is 0 Å². The van der Waals surface area contributed by atoms with E-state index in [2.05, 4.69) is 5.32 Å². The topological polar surface area (TPSA) is 49.3 Å². The van der Waals surface area contributed by atoms with Gasteiger partial charge in [-0.1, -0.05) is 23.7 Å². The molecule has 0 aromatic heterocycles. The number of aliphatic hydroxyl groups excluding tert-OH is 1. The maximum atomic E-state index is 12.8. The van der Waals surface area contributed by atoms with E-state index in [9.17, 15) is 18.0 Å². The monoisotopic (exact) mass is 329 g/mol. The minimum absolute atomic E-state index is 0.161. The van der Waals surface area contributed by atoms with Crippen LogP contribution >= 0.6 is 11.6 Å². The zero-order valence-electron chi connectivity index (χ0n) is 11.1. The number of hydrogen-bond acceptors (Lipinski definition) is 2. The fourth-order valence-corrected chi connectivity index (χ4v) is 2.06. The van der Waals surface area contributed by atoms with Gasteiger partial charge >= 0.3 is 6.18 Å². The number of alkyl halides is 3. The molecule has 3 nitrogen and oxygen atoms in total. The Kier molecular flexibility index (Phi) is 4.73. The Hall–Kier alpha value is -2.05. The van der Waals surface area contributed by atoms with Gasteiger partial charge in [0, 0.05) is 11.3 Å². The maximum Gasteiger partial charge on any atom is 0.417 e. The molecule has 22 heavy (non-hydrogen) atoms. The molecular formula is C15H11ClF3NO2. The summed E-state index contributed by atoms with van der Waals surface area (Å²) in [6.45, 7) is -0.205. The van der Waals surface area contributed by atoms with Crippen molar-refractivity contribution in [1.82, 2.24) is 0 Å². The van der Waals surface area contributed by atoms with Crippen molar-refractivity contribution in [2.24, 2.45) is 0 Å². The Balaban J connectivity index is 2.26. The minimum Gasteiger partial charge on any atom is -0.392 e. The summed E-state index contributed by atoms with van der Waals surface area (Å²) in [6.07, 6.45) is -4.63. The molecule has 0 aliphatic rings. The van der Waals surface area contributed by atoms with Crippen LogP contribution in [-0.2, 0) is 12.8 Å². The van der Waals surface area contributed by atoms with Gasteiger partial charge in [0.05, 0.1) is 17.2 Å². The molecular weight excluding hydrogens is 319 g/mol. The first-order valence-corrected chi connectivity index (χ1v) is 6.57. The predicted octanol–water partition coefficient (Wildman–Crippen LogP) is 4.10. The molecule has 2 N–H and O–H groups in total. The number of nitrogens with one attached hydrogen (secondary N) is 1. The van der Waals surface area contributed by atoms with Gasteiger partial charge in [-0.3, -0.25) is 4.79 Å². The second kappa shape index (κ2) is 6.37. The van der Waals surface area contributed by atoms with Crippen molar-refractivity contribution in [2.75, 3.05) is 5.32 Å². The molecule has 0 atom stereocenters. The number of anilines is 1. The molecule has 0 radical (unpaired) electrons. The average molecular weight is 330 g/mol. The molecule has 116 valence electrons. The predicted molar refractivity (Wildman–Crippen MR) is 76.8 cm³/mol. The SMILES string of the molecule is O=C(Nc1cccc(CO)c1)c1ccc(Cl)c(C(F)(F)F)c1. The number of halogens is 4. The third kappa shape index (κ3) is 3.78. The lowest BCUT2D eigenvalue weighted by molar-refractivity contribution is -0.137. The molecule has 0 unspecified atom stereocenters. The maximum absolute atomic E-state index is 12.8. The Morgan fingerprint density at radius 3 is 2.55 bits per heavy atom. The second-order valence-corrected chi connectivity index (χ2v) is 4.91. The third-order valence-electron chi connectivity index (χ3n) is 2.90. The van der Waals surface area contributed by atoms with E-state index >= 15 is 0 Å². The van der Waals surface area contributed by atoms with Crippen LogP contribution < -0.4 is 5.32 Å². The fraction of sp³-hybridized carbons (Fsp3) is 0.133. The number of benzene rings is 2. The Labute approximate surface area is 129 Å². The van der Waals surface area contributed by atoms with Crippen LogP contribution in [-0.4, -0.2) is 11.0 Å². The zero-order valence-corrected chi connectivity index (χ0v) is 11.9. The quantitative estimate of drug-likeness (QED) is 0.890. The van der Waals surface area contributed by atoms with Gasteiger partial charge in [0.2, 0.25) is 0 Å². The van der Waals surface area contributed by atoms with Gasteiger partial charge in [-0.2, -0.15) is 13.2 Å². The molecule has 0 aliphatic carbocycles. The van der Waals surface area contributed by atoms with Crippen molar-refractivity contribution in [3.8, 4) is 0 Å². The van der Waals surface area contributed by atoms with Crippen LogP contribution in [0.15, 0.2) is 42.5 Å². The van der Waals surface area contributed by atoms with Gasteiger partial charge in [0.1, 0.15) is 0 Å². The van der Waals surface area contributed by atoms with Gasteiger partial charge < -0.3 is 10.4 Å². The van der Waals surface area contributed by atoms with E-state index in [1.165, 1.54) is 12.1 Å². The van der Waals surface area contributed by atoms with Crippen molar-refractivity contribution in [2.45, 2.75) is 12.8 Å². The summed E-state index contributed by atoms with van der Waals surface area (Å²) >= 11 is 5.51. The minimum atomic E-state index is -4.63. The molecule has 0 fully saturated rings. The molecule has 0 bridgehead atoms. The largest absolute Gasteiger partial charge is 0.417 e. The summed E-state index contributed by atoms with van der Waals surface area (Å²) in [5.74, 6) is -0.697. The number of carbonyl (C=O) groups is 1. The van der Waals surface area contributed by atoms with Crippen molar-refractivity contribution < 1.29 is 23.1 Å². The van der Waals surface area contributed by atoms with Crippen LogP contribution in [0.4, 0.5) is 18.9 Å². The summed E-state index contributed by atoms with van der Waals surface area (Å²) in [4.78, 5) is 12.0. The number of aliphatic hydroxyl groups is 1. The summed E-state index contributed by atoms with van der Waals surface area (Å²) < 4.78 is 38.3. The summed E-state index contributed by atoms with van der Waals surface area (Å²) in [7, 11) is 0. The highest BCUT2D eigenvalue weighted by molar-refractivity contribution is 6.31. The number of hydrogen-bond donors (Lipinski definition) is 2. The first-order valence-electron chi connectivity index (χ1n) is 6.19. The third-order valence-corrected chi connectivity index (χ3v) is 3.23. The van der Waals surface area contributed by atoms with E-state index in [1.54, 1.807) is 18.2 Å². The van der Waals surface area contributed by atoms with Crippen LogP contribution in [0.5, 0.6) is 0 Å². The number of carbonyl (C=O) groups excluding carboxylic acids is 1. The molecule has 1 amide bonds. The van der Waals surface area contributed by atoms with Crippen LogP contribution in [0.25, 0.3) is 0 Å². The second-order valence-electron chi connectivity index (χ2n) is 4.51. The Morgan fingerprint density at radius 1 is 1.18 bits per heavy atom. The summed E-state index contributed by atoms with van der Waals surface area (Å²) in [6, 6.07) is 9.31. The van der Waals surface area contributed by atoms with E-state index in [1.807, 2.05) is 0 Å². The van der Waals surface area contributed by atoms with Gasteiger partial charge in [0.25, 0.3) is 5.91 Å². The fourth-order valence-electron chi connectivity index (χ4n) is 1.83. The molecule has 0 spiro atoms. The summed E-state index contributed by atoms with van der Waals surface area (Å²) in [5, 5.41) is 11.0. The van der Waals surface area contributed by atoms with Gasteiger partial charge in [-0.05, 0) is 35.9 Å². The van der Waals surface area contributed by atoms with Crippen molar-refractivity contribution >= 4 is 23.2 Å². The van der Waals surface area contributed by atoms with Gasteiger partial charge in [0.15, 0.2) is 0 Å². The molecule has 0 saturated heterocycles. The zero-order chi connectivity index (χ0) is 16.3. The molecule has 2 aromatic carbocycles. The highest BCUT2D eigenvalue weighted by Gasteiger charge is 2.33. The van der Waals surface area contributed by atoms with Gasteiger partial charge in [-0.25, -0.2) is 0 Å². The average Bonchev–Trinajstić information content (AvgIpc) is 2.46. The lowest BCUT2D eigenvalue weighted by Gasteiger charge is -2.11. The van der Waals surface area contributed by atoms with Crippen molar-refractivity contribution in [1.29, 1.82) is 0 Å². The van der Waals surface area contributed by atoms with Crippen LogP contribution in [0, 0.1) is 0 Å². The van der Waals surface area contributed by atoms with E-state index in [0.717, 1.165) is 6.07 Å². The van der Waals surface area contributed by atoms with E-state index in [0.29, 0.717) is 17.3 Å². The standard InChI is InChI=1S/C15H11ClF3NO2/c16-13-5-4-10(7-12(13)15(17,18)19)14(22)20-11-3-1-2-9(6-11)8-21/h1-7,21H,8H2,(H,20,22). The molecule has 2 aromatic rings. The van der Waals surface area contributed by atoms with Crippen molar-refractivity contribution in [3.05, 3.63) is 64.2 Å². The smallest absolute Gasteiger partial charge is 0.392 e.